The molecule has 0 nitrogen and oxygen atoms in total. The topological polar surface area (TPSA) is 0 Å². The third-order valence-corrected chi connectivity index (χ3v) is 1.60. The van der Waals surface area contributed by atoms with Crippen LogP contribution in [-0.2, 0) is 0 Å². The van der Waals surface area contributed by atoms with Gasteiger partial charge in [-0.2, -0.15) is 0 Å². The number of hydrogen-bond acceptors (Lipinski definition) is 0. The van der Waals surface area contributed by atoms with E-state index in [2.05, 4.69) is 35.0 Å². The molecule has 0 aliphatic rings. The maximum atomic E-state index is 3.20. The van der Waals surface area contributed by atoms with Crippen LogP contribution in [0, 0.1) is 0 Å². The Morgan fingerprint density at radius 3 is 2.60 bits per heavy atom. The van der Waals surface area contributed by atoms with Crippen molar-refractivity contribution in [3.8, 4) is 0 Å². The number of unbranched alkanes of at least 4 members (excludes halogenated alkanes) is 3. The molecule has 0 bridgehead atoms. The van der Waals surface area contributed by atoms with Gasteiger partial charge >= 0.3 is 0 Å². The van der Waals surface area contributed by atoms with Gasteiger partial charge in [0, 0.05) is 0 Å². The first-order chi connectivity index (χ1) is 4.91. The van der Waals surface area contributed by atoms with Crippen molar-refractivity contribution in [2.75, 3.05) is 0 Å². The van der Waals surface area contributed by atoms with Gasteiger partial charge in [0.15, 0.2) is 0 Å². The molecular formula is C9H15Br. The SMILES string of the molecule is CCCCC/C=C/C=C/Br. The van der Waals surface area contributed by atoms with Crippen LogP contribution >= 0.6 is 15.9 Å². The second-order valence-electron chi connectivity index (χ2n) is 2.24. The molecule has 10 heavy (non-hydrogen) atoms. The summed E-state index contributed by atoms with van der Waals surface area (Å²) in [6.45, 7) is 2.22. The standard InChI is InChI=1S/C9H15Br/c1-2-3-4-5-6-7-8-9-10/h6-9H,2-5H2,1H3/b7-6+,9-8+. The van der Waals surface area contributed by atoms with Crippen LogP contribution in [0.25, 0.3) is 0 Å². The second-order valence-corrected chi connectivity index (χ2v) is 2.77. The Kier molecular flexibility index (Phi) is 8.92. The lowest BCUT2D eigenvalue weighted by atomic mass is 10.2. The highest BCUT2D eigenvalue weighted by molar-refractivity contribution is 9.11. The zero-order valence-electron chi connectivity index (χ0n) is 6.52. The van der Waals surface area contributed by atoms with E-state index in [1.807, 2.05) is 11.1 Å². The number of allylic oxidation sites excluding steroid dienone is 3. The molecule has 0 atom stereocenters. The molecule has 0 aromatic rings. The fourth-order valence-electron chi connectivity index (χ4n) is 0.729. The van der Waals surface area contributed by atoms with Crippen molar-refractivity contribution in [2.24, 2.45) is 0 Å². The van der Waals surface area contributed by atoms with Gasteiger partial charge in [0.2, 0.25) is 0 Å². The molecule has 0 fully saturated rings. The molecule has 0 amide bonds. The van der Waals surface area contributed by atoms with Gasteiger partial charge in [0.05, 0.1) is 0 Å². The van der Waals surface area contributed by atoms with Gasteiger partial charge < -0.3 is 0 Å². The summed E-state index contributed by atoms with van der Waals surface area (Å²) in [5, 5.41) is 0. The third-order valence-electron chi connectivity index (χ3n) is 1.29. The lowest BCUT2D eigenvalue weighted by molar-refractivity contribution is 0.729. The van der Waals surface area contributed by atoms with Gasteiger partial charge in [-0.15, -0.1) is 0 Å². The highest BCUT2D eigenvalue weighted by Crippen LogP contribution is 1.99. The van der Waals surface area contributed by atoms with Crippen LogP contribution in [0.4, 0.5) is 0 Å². The Labute approximate surface area is 72.1 Å². The predicted octanol–water partition coefficient (Wildman–Crippen LogP) is 4.03. The van der Waals surface area contributed by atoms with Gasteiger partial charge in [0.1, 0.15) is 0 Å². The minimum atomic E-state index is 1.21. The molecule has 58 valence electrons. The largest absolute Gasteiger partial charge is 0.0845 e. The van der Waals surface area contributed by atoms with Gasteiger partial charge in [-0.1, -0.05) is 53.9 Å². The Balaban J connectivity index is 3.02. The first-order valence-corrected chi connectivity index (χ1v) is 4.75. The first kappa shape index (κ1) is 9.96. The van der Waals surface area contributed by atoms with Crippen molar-refractivity contribution in [2.45, 2.75) is 32.6 Å². The average Bonchev–Trinajstić information content (AvgIpc) is 1.97. The molecule has 0 rings (SSSR count). The first-order valence-electron chi connectivity index (χ1n) is 3.83. The quantitative estimate of drug-likeness (QED) is 0.467. The fourth-order valence-corrected chi connectivity index (χ4v) is 0.905. The molecule has 0 unspecified atom stereocenters. The Morgan fingerprint density at radius 2 is 2.00 bits per heavy atom. The highest BCUT2D eigenvalue weighted by atomic mass is 79.9. The summed E-state index contributed by atoms with van der Waals surface area (Å²) in [6.07, 6.45) is 11.5. The molecule has 1 heteroatoms. The number of halogens is 1. The maximum Gasteiger partial charge on any atom is -0.0189 e. The maximum absolute atomic E-state index is 3.20. The van der Waals surface area contributed by atoms with Crippen molar-refractivity contribution in [3.63, 3.8) is 0 Å². The summed E-state index contributed by atoms with van der Waals surface area (Å²) in [5.41, 5.74) is 0. The van der Waals surface area contributed by atoms with Gasteiger partial charge in [-0.3, -0.25) is 0 Å². The van der Waals surface area contributed by atoms with E-state index in [9.17, 15) is 0 Å². The van der Waals surface area contributed by atoms with Crippen molar-refractivity contribution < 1.29 is 0 Å². The summed E-state index contributed by atoms with van der Waals surface area (Å²) >= 11 is 3.20. The van der Waals surface area contributed by atoms with Crippen molar-refractivity contribution >= 4 is 15.9 Å². The summed E-state index contributed by atoms with van der Waals surface area (Å²) in [4.78, 5) is 1.86. The van der Waals surface area contributed by atoms with Crippen LogP contribution in [0.5, 0.6) is 0 Å². The lowest BCUT2D eigenvalue weighted by Crippen LogP contribution is -1.69. The molecule has 0 saturated carbocycles. The summed E-state index contributed by atoms with van der Waals surface area (Å²) in [7, 11) is 0. The molecule has 0 saturated heterocycles. The predicted molar refractivity (Wildman–Crippen MR) is 51.3 cm³/mol. The van der Waals surface area contributed by atoms with E-state index in [1.165, 1.54) is 25.7 Å². The minimum absolute atomic E-state index is 1.21. The molecule has 0 heterocycles. The molecular weight excluding hydrogens is 188 g/mol. The summed E-state index contributed by atoms with van der Waals surface area (Å²) in [6, 6.07) is 0. The Bertz CT molecular complexity index is 103. The van der Waals surface area contributed by atoms with E-state index >= 15 is 0 Å². The van der Waals surface area contributed by atoms with Gasteiger partial charge in [0.25, 0.3) is 0 Å². The number of rotatable bonds is 5. The van der Waals surface area contributed by atoms with Gasteiger partial charge in [-0.25, -0.2) is 0 Å². The van der Waals surface area contributed by atoms with Crippen LogP contribution in [0.15, 0.2) is 23.2 Å². The van der Waals surface area contributed by atoms with Crippen molar-refractivity contribution in [3.05, 3.63) is 23.2 Å². The Morgan fingerprint density at radius 1 is 1.20 bits per heavy atom. The summed E-state index contributed by atoms with van der Waals surface area (Å²) in [5.74, 6) is 0. The van der Waals surface area contributed by atoms with Gasteiger partial charge in [-0.05, 0) is 17.8 Å². The molecule has 0 spiro atoms. The fraction of sp³-hybridized carbons (Fsp3) is 0.556. The van der Waals surface area contributed by atoms with E-state index in [4.69, 9.17) is 0 Å². The van der Waals surface area contributed by atoms with Crippen LogP contribution in [0.3, 0.4) is 0 Å². The molecule has 0 aliphatic carbocycles. The molecule has 0 aromatic heterocycles. The van der Waals surface area contributed by atoms with Crippen LogP contribution in [0.1, 0.15) is 32.6 Å². The number of hydrogen-bond donors (Lipinski definition) is 0. The Hall–Kier alpha value is -0.0400. The van der Waals surface area contributed by atoms with E-state index in [0.717, 1.165) is 0 Å². The van der Waals surface area contributed by atoms with E-state index < -0.39 is 0 Å². The molecule has 0 aromatic carbocycles. The van der Waals surface area contributed by atoms with Crippen LogP contribution in [-0.4, -0.2) is 0 Å². The smallest absolute Gasteiger partial charge is 0.0189 e. The normalized spacial score (nSPS) is 11.8. The van der Waals surface area contributed by atoms with E-state index in [-0.39, 0.29) is 0 Å². The van der Waals surface area contributed by atoms with E-state index in [0.29, 0.717) is 0 Å². The van der Waals surface area contributed by atoms with Crippen LogP contribution < -0.4 is 0 Å². The average molecular weight is 203 g/mol. The third kappa shape index (κ3) is 7.96. The lowest BCUT2D eigenvalue weighted by Gasteiger charge is -1.89. The molecule has 0 radical (unpaired) electrons. The van der Waals surface area contributed by atoms with E-state index in [1.54, 1.807) is 0 Å². The zero-order valence-corrected chi connectivity index (χ0v) is 8.10. The molecule has 0 N–H and O–H groups in total. The zero-order chi connectivity index (χ0) is 7.66. The minimum Gasteiger partial charge on any atom is -0.0845 e. The van der Waals surface area contributed by atoms with Crippen molar-refractivity contribution in [1.29, 1.82) is 0 Å². The monoisotopic (exact) mass is 202 g/mol. The highest BCUT2D eigenvalue weighted by Gasteiger charge is 1.79. The second kappa shape index (κ2) is 8.96. The van der Waals surface area contributed by atoms with Crippen molar-refractivity contribution in [1.82, 2.24) is 0 Å². The van der Waals surface area contributed by atoms with Crippen LogP contribution in [0.2, 0.25) is 0 Å². The molecule has 0 aliphatic heterocycles. The summed E-state index contributed by atoms with van der Waals surface area (Å²) < 4.78 is 0.